The highest BCUT2D eigenvalue weighted by Crippen LogP contribution is 2.38. The van der Waals surface area contributed by atoms with Gasteiger partial charge in [-0.2, -0.15) is 0 Å². The summed E-state index contributed by atoms with van der Waals surface area (Å²) in [5, 5.41) is 11.9. The Morgan fingerprint density at radius 2 is 1.83 bits per heavy atom. The molecule has 8 nitrogen and oxygen atoms in total. The van der Waals surface area contributed by atoms with Crippen LogP contribution >= 0.6 is 34.8 Å². The Morgan fingerprint density at radius 1 is 1.06 bits per heavy atom. The number of halogens is 3. The summed E-state index contributed by atoms with van der Waals surface area (Å²) in [7, 11) is 1.46. The first kappa shape index (κ1) is 24.5. The predicted octanol–water partition coefficient (Wildman–Crippen LogP) is 6.49. The number of nitro groups is 1. The normalized spacial score (nSPS) is 14.0. The topological polar surface area (TPSA) is 100 Å². The summed E-state index contributed by atoms with van der Waals surface area (Å²) in [4.78, 5) is 27.1. The van der Waals surface area contributed by atoms with Crippen LogP contribution in [0.25, 0.3) is 6.08 Å². The summed E-state index contributed by atoms with van der Waals surface area (Å²) in [5.74, 6) is -0.172. The fourth-order valence-corrected chi connectivity index (χ4v) is 3.86. The first-order valence-corrected chi connectivity index (χ1v) is 11.1. The standard InChI is InChI=1S/C24H15Cl3N2O6/c1-33-21-10-13(8-18(27)22(21)34-12-15-4-2-3-5-16(15)25)9-19-24(30)35-23(28-19)14-6-7-17(26)20(11-14)29(31)32/h2-11H,12H2,1H3/b19-9-. The van der Waals surface area contributed by atoms with Crippen molar-refractivity contribution < 1.29 is 23.9 Å². The van der Waals surface area contributed by atoms with Crippen LogP contribution in [0, 0.1) is 10.1 Å². The van der Waals surface area contributed by atoms with E-state index in [1.807, 2.05) is 18.2 Å². The quantitative estimate of drug-likeness (QED) is 0.149. The van der Waals surface area contributed by atoms with E-state index in [4.69, 9.17) is 49.0 Å². The number of ether oxygens (including phenoxy) is 3. The minimum atomic E-state index is -0.730. The molecule has 11 heteroatoms. The van der Waals surface area contributed by atoms with E-state index in [-0.39, 0.29) is 39.5 Å². The molecule has 0 aliphatic carbocycles. The van der Waals surface area contributed by atoms with Gasteiger partial charge >= 0.3 is 5.97 Å². The van der Waals surface area contributed by atoms with Gasteiger partial charge in [-0.25, -0.2) is 9.79 Å². The van der Waals surface area contributed by atoms with Crippen LogP contribution in [0.3, 0.4) is 0 Å². The van der Waals surface area contributed by atoms with Crippen LogP contribution in [-0.2, 0) is 16.1 Å². The molecule has 0 saturated heterocycles. The number of nitrogens with zero attached hydrogens (tertiary/aromatic N) is 2. The van der Waals surface area contributed by atoms with E-state index in [1.54, 1.807) is 18.2 Å². The number of nitro benzene ring substituents is 1. The average molecular weight is 534 g/mol. The van der Waals surface area contributed by atoms with Crippen LogP contribution in [0.2, 0.25) is 15.1 Å². The number of carbonyl (C=O) groups is 1. The van der Waals surface area contributed by atoms with Crippen molar-refractivity contribution in [2.75, 3.05) is 7.11 Å². The molecule has 0 spiro atoms. The zero-order valence-electron chi connectivity index (χ0n) is 18.0. The molecule has 1 heterocycles. The molecular formula is C24H15Cl3N2O6. The Morgan fingerprint density at radius 3 is 2.54 bits per heavy atom. The van der Waals surface area contributed by atoms with E-state index < -0.39 is 10.9 Å². The molecule has 4 rings (SSSR count). The molecule has 0 radical (unpaired) electrons. The maximum atomic E-state index is 12.4. The molecule has 0 N–H and O–H groups in total. The molecule has 0 amide bonds. The van der Waals surface area contributed by atoms with Crippen LogP contribution in [0.15, 0.2) is 65.3 Å². The lowest BCUT2D eigenvalue weighted by molar-refractivity contribution is -0.384. The molecule has 0 fully saturated rings. The summed E-state index contributed by atoms with van der Waals surface area (Å²) < 4.78 is 16.4. The van der Waals surface area contributed by atoms with E-state index in [2.05, 4.69) is 4.99 Å². The second-order valence-corrected chi connectivity index (χ2v) is 8.40. The molecule has 1 aliphatic heterocycles. The summed E-state index contributed by atoms with van der Waals surface area (Å²) >= 11 is 18.5. The Bertz CT molecular complexity index is 1400. The van der Waals surface area contributed by atoms with Gasteiger partial charge in [0.15, 0.2) is 17.2 Å². The molecule has 0 saturated carbocycles. The van der Waals surface area contributed by atoms with E-state index in [1.165, 1.54) is 31.4 Å². The van der Waals surface area contributed by atoms with Gasteiger partial charge in [0.25, 0.3) is 5.69 Å². The SMILES string of the molecule is COc1cc(/C=C2\N=C(c3ccc(Cl)c([N+](=O)[O-])c3)OC2=O)cc(Cl)c1OCc1ccccc1Cl. The molecule has 0 unspecified atom stereocenters. The fraction of sp³-hybridized carbons (Fsp3) is 0.0833. The molecule has 0 atom stereocenters. The molecular weight excluding hydrogens is 519 g/mol. The molecule has 178 valence electrons. The number of aliphatic imine (C=N–C) groups is 1. The third kappa shape index (κ3) is 5.40. The highest BCUT2D eigenvalue weighted by atomic mass is 35.5. The number of carbonyl (C=O) groups excluding carboxylic acids is 1. The predicted molar refractivity (Wildman–Crippen MR) is 133 cm³/mol. The van der Waals surface area contributed by atoms with Crippen molar-refractivity contribution >= 4 is 58.4 Å². The van der Waals surface area contributed by atoms with Gasteiger partial charge in [0.1, 0.15) is 11.6 Å². The zero-order chi connectivity index (χ0) is 25.1. The summed E-state index contributed by atoms with van der Waals surface area (Å²) in [6.07, 6.45) is 1.45. The lowest BCUT2D eigenvalue weighted by atomic mass is 10.1. The highest BCUT2D eigenvalue weighted by molar-refractivity contribution is 6.33. The third-order valence-corrected chi connectivity index (χ3v) is 5.86. The zero-order valence-corrected chi connectivity index (χ0v) is 20.2. The van der Waals surface area contributed by atoms with Crippen LogP contribution in [-0.4, -0.2) is 23.9 Å². The molecule has 1 aliphatic rings. The highest BCUT2D eigenvalue weighted by Gasteiger charge is 2.26. The second kappa shape index (κ2) is 10.4. The summed E-state index contributed by atoms with van der Waals surface area (Å²) in [6, 6.07) is 14.4. The number of methoxy groups -OCH3 is 1. The maximum absolute atomic E-state index is 12.4. The Labute approximate surface area is 214 Å². The lowest BCUT2D eigenvalue weighted by Crippen LogP contribution is -2.06. The first-order valence-electron chi connectivity index (χ1n) is 9.97. The average Bonchev–Trinajstić information content (AvgIpc) is 3.19. The van der Waals surface area contributed by atoms with E-state index >= 15 is 0 Å². The van der Waals surface area contributed by atoms with E-state index in [0.717, 1.165) is 5.56 Å². The summed E-state index contributed by atoms with van der Waals surface area (Å²) in [6.45, 7) is 0.170. The fourth-order valence-electron chi connectivity index (χ4n) is 3.20. The Balaban J connectivity index is 1.61. The van der Waals surface area contributed by atoms with Crippen molar-refractivity contribution in [1.82, 2.24) is 0 Å². The third-order valence-electron chi connectivity index (χ3n) is 4.90. The van der Waals surface area contributed by atoms with Crippen molar-refractivity contribution in [1.29, 1.82) is 0 Å². The van der Waals surface area contributed by atoms with Gasteiger partial charge in [-0.3, -0.25) is 10.1 Å². The van der Waals surface area contributed by atoms with Gasteiger partial charge in [0, 0.05) is 22.2 Å². The van der Waals surface area contributed by atoms with Gasteiger partial charge in [0.05, 0.1) is 17.1 Å². The van der Waals surface area contributed by atoms with Gasteiger partial charge in [-0.05, 0) is 42.0 Å². The number of cyclic esters (lactones) is 1. The minimum Gasteiger partial charge on any atom is -0.493 e. The maximum Gasteiger partial charge on any atom is 0.363 e. The minimum absolute atomic E-state index is 0.0274. The van der Waals surface area contributed by atoms with Crippen LogP contribution in [0.1, 0.15) is 16.7 Å². The van der Waals surface area contributed by atoms with E-state index in [0.29, 0.717) is 22.1 Å². The molecule has 0 bridgehead atoms. The van der Waals surface area contributed by atoms with Gasteiger partial charge in [-0.1, -0.05) is 53.0 Å². The van der Waals surface area contributed by atoms with Gasteiger partial charge < -0.3 is 14.2 Å². The van der Waals surface area contributed by atoms with Crippen molar-refractivity contribution in [3.05, 3.63) is 102 Å². The van der Waals surface area contributed by atoms with E-state index in [9.17, 15) is 14.9 Å². The van der Waals surface area contributed by atoms with Crippen LogP contribution in [0.4, 0.5) is 5.69 Å². The van der Waals surface area contributed by atoms with Crippen molar-refractivity contribution in [3.8, 4) is 11.5 Å². The Hall–Kier alpha value is -3.59. The largest absolute Gasteiger partial charge is 0.493 e. The Kier molecular flexibility index (Phi) is 7.25. The molecule has 3 aromatic rings. The number of esters is 1. The van der Waals surface area contributed by atoms with Gasteiger partial charge in [-0.15, -0.1) is 0 Å². The smallest absolute Gasteiger partial charge is 0.363 e. The second-order valence-electron chi connectivity index (χ2n) is 7.17. The van der Waals surface area contributed by atoms with Crippen LogP contribution < -0.4 is 9.47 Å². The number of benzene rings is 3. The van der Waals surface area contributed by atoms with Crippen LogP contribution in [0.5, 0.6) is 11.5 Å². The number of rotatable bonds is 7. The van der Waals surface area contributed by atoms with Crippen molar-refractivity contribution in [2.45, 2.75) is 6.61 Å². The molecule has 3 aromatic carbocycles. The first-order chi connectivity index (χ1) is 16.8. The monoisotopic (exact) mass is 532 g/mol. The van der Waals surface area contributed by atoms with Crippen molar-refractivity contribution in [3.63, 3.8) is 0 Å². The summed E-state index contributed by atoms with van der Waals surface area (Å²) in [5.41, 5.74) is 1.15. The van der Waals surface area contributed by atoms with Crippen molar-refractivity contribution in [2.24, 2.45) is 4.99 Å². The lowest BCUT2D eigenvalue weighted by Gasteiger charge is -2.14. The molecule has 0 aromatic heterocycles. The van der Waals surface area contributed by atoms with Gasteiger partial charge in [0.2, 0.25) is 5.90 Å². The molecule has 35 heavy (non-hydrogen) atoms. The number of hydrogen-bond acceptors (Lipinski definition) is 7. The number of hydrogen-bond donors (Lipinski definition) is 0.